The first-order valence-corrected chi connectivity index (χ1v) is 3.43. The van der Waals surface area contributed by atoms with Gasteiger partial charge in [0.05, 0.1) is 0 Å². The lowest BCUT2D eigenvalue weighted by atomic mass is 10.3. The minimum absolute atomic E-state index is 0.775. The van der Waals surface area contributed by atoms with Crippen LogP contribution in [-0.2, 0) is 14.3 Å². The van der Waals surface area contributed by atoms with Crippen LogP contribution in [0.5, 0.6) is 0 Å². The maximum Gasteiger partial charge on any atom is 0.324 e. The molecule has 1 aliphatic heterocycles. The number of carbonyl (C=O) groups excluding carboxylic acids is 3. The van der Waals surface area contributed by atoms with Crippen molar-refractivity contribution < 1.29 is 23.5 Å². The Morgan fingerprint density at radius 2 is 2.15 bits per heavy atom. The van der Waals surface area contributed by atoms with Crippen molar-refractivity contribution in [3.05, 3.63) is 0 Å². The van der Waals surface area contributed by atoms with E-state index in [9.17, 15) is 18.8 Å². The molecule has 0 aromatic rings. The van der Waals surface area contributed by atoms with Crippen molar-refractivity contribution in [1.82, 2.24) is 10.6 Å². The Labute approximate surface area is 72.4 Å². The summed E-state index contributed by atoms with van der Waals surface area (Å²) in [4.78, 5) is 31.7. The summed E-state index contributed by atoms with van der Waals surface area (Å²) in [5.41, 5.74) is 0. The number of urea groups is 1. The molecule has 0 aromatic heterocycles. The Balaban J connectivity index is 2.66. The van der Waals surface area contributed by atoms with Crippen LogP contribution < -0.4 is 10.6 Å². The van der Waals surface area contributed by atoms with Crippen LogP contribution in [0.2, 0.25) is 0 Å². The molecule has 0 bridgehead atoms. The molecule has 6 nitrogen and oxygen atoms in total. The number of nitrogens with one attached hydrogen (secondary N) is 2. The number of carbonyl (C=O) groups is 3. The molecule has 13 heavy (non-hydrogen) atoms. The molecule has 1 saturated heterocycles. The first kappa shape index (κ1) is 9.43. The maximum atomic E-state index is 12.9. The number of ether oxygens (including phenoxy) is 1. The Morgan fingerprint density at radius 3 is 2.69 bits per heavy atom. The van der Waals surface area contributed by atoms with Crippen molar-refractivity contribution in [2.45, 2.75) is 19.3 Å². The minimum Gasteiger partial charge on any atom is -0.438 e. The van der Waals surface area contributed by atoms with Gasteiger partial charge in [-0.1, -0.05) is 0 Å². The van der Waals surface area contributed by atoms with Gasteiger partial charge in [-0.15, -0.1) is 0 Å². The molecule has 0 radical (unpaired) electrons. The van der Waals surface area contributed by atoms with Gasteiger partial charge in [-0.25, -0.2) is 9.18 Å². The second kappa shape index (κ2) is 3.38. The van der Waals surface area contributed by atoms with Crippen molar-refractivity contribution >= 4 is 17.9 Å². The number of esters is 1. The van der Waals surface area contributed by atoms with E-state index in [0.717, 1.165) is 6.92 Å². The second-order valence-corrected chi connectivity index (χ2v) is 2.39. The summed E-state index contributed by atoms with van der Waals surface area (Å²) in [6, 6.07) is -0.884. The van der Waals surface area contributed by atoms with E-state index in [4.69, 9.17) is 0 Å². The zero-order chi connectivity index (χ0) is 10.0. The van der Waals surface area contributed by atoms with Gasteiger partial charge >= 0.3 is 12.0 Å². The molecular formula is C6H7FN2O4. The van der Waals surface area contributed by atoms with Gasteiger partial charge in [-0.05, 0) is 0 Å². The lowest BCUT2D eigenvalue weighted by molar-refractivity contribution is -0.155. The summed E-state index contributed by atoms with van der Waals surface area (Å²) >= 11 is 0. The number of hydrogen-bond acceptors (Lipinski definition) is 4. The van der Waals surface area contributed by atoms with Gasteiger partial charge < -0.3 is 4.74 Å². The number of hydrogen-bond donors (Lipinski definition) is 2. The maximum absolute atomic E-state index is 12.9. The second-order valence-electron chi connectivity index (χ2n) is 2.39. The van der Waals surface area contributed by atoms with Crippen molar-refractivity contribution in [2.75, 3.05) is 0 Å². The van der Waals surface area contributed by atoms with Gasteiger partial charge in [-0.3, -0.25) is 20.2 Å². The van der Waals surface area contributed by atoms with Crippen LogP contribution in [0.15, 0.2) is 0 Å². The van der Waals surface area contributed by atoms with Crippen LogP contribution in [0.1, 0.15) is 6.92 Å². The topological polar surface area (TPSA) is 84.5 Å². The van der Waals surface area contributed by atoms with Crippen molar-refractivity contribution in [2.24, 2.45) is 0 Å². The van der Waals surface area contributed by atoms with Gasteiger partial charge in [0.25, 0.3) is 5.91 Å². The molecule has 72 valence electrons. The Morgan fingerprint density at radius 1 is 1.54 bits per heavy atom. The summed E-state index contributed by atoms with van der Waals surface area (Å²) in [5.74, 6) is -1.89. The van der Waals surface area contributed by atoms with E-state index in [0.29, 0.717) is 0 Å². The fourth-order valence-electron chi connectivity index (χ4n) is 0.825. The average Bonchev–Trinajstić information content (AvgIpc) is 1.98. The van der Waals surface area contributed by atoms with Gasteiger partial charge in [0.1, 0.15) is 0 Å². The molecule has 1 aliphatic rings. The molecule has 2 N–H and O–H groups in total. The molecule has 2 atom stereocenters. The minimum atomic E-state index is -2.07. The monoisotopic (exact) mass is 190 g/mol. The third-order valence-corrected chi connectivity index (χ3v) is 1.32. The van der Waals surface area contributed by atoms with E-state index in [2.05, 4.69) is 4.74 Å². The van der Waals surface area contributed by atoms with E-state index in [1.165, 1.54) is 0 Å². The van der Waals surface area contributed by atoms with E-state index < -0.39 is 30.3 Å². The Bertz CT molecular complexity index is 265. The van der Waals surface area contributed by atoms with Gasteiger partial charge in [0, 0.05) is 6.92 Å². The zero-order valence-electron chi connectivity index (χ0n) is 6.67. The lowest BCUT2D eigenvalue weighted by Gasteiger charge is -2.25. The van der Waals surface area contributed by atoms with Crippen LogP contribution >= 0.6 is 0 Å². The first-order valence-electron chi connectivity index (χ1n) is 3.43. The average molecular weight is 190 g/mol. The van der Waals surface area contributed by atoms with Crippen molar-refractivity contribution in [3.63, 3.8) is 0 Å². The smallest absolute Gasteiger partial charge is 0.324 e. The van der Waals surface area contributed by atoms with Crippen LogP contribution in [0.3, 0.4) is 0 Å². The number of alkyl halides is 1. The fraction of sp³-hybridized carbons (Fsp3) is 0.500. The molecular weight excluding hydrogens is 183 g/mol. The van der Waals surface area contributed by atoms with E-state index in [1.807, 2.05) is 5.32 Å². The summed E-state index contributed by atoms with van der Waals surface area (Å²) in [6.07, 6.45) is -3.60. The lowest BCUT2D eigenvalue weighted by Crippen LogP contribution is -2.60. The number of halogens is 1. The quantitative estimate of drug-likeness (QED) is 0.522. The molecule has 1 fully saturated rings. The van der Waals surface area contributed by atoms with Crippen LogP contribution in [0, 0.1) is 0 Å². The van der Waals surface area contributed by atoms with Crippen LogP contribution in [0.4, 0.5) is 9.18 Å². The van der Waals surface area contributed by atoms with E-state index in [-0.39, 0.29) is 0 Å². The van der Waals surface area contributed by atoms with E-state index in [1.54, 1.807) is 5.32 Å². The number of amides is 3. The standard InChI is InChI=1S/C6H7FN2O4/c1-2(10)13-5-3(7)4(11)8-6(12)9-5/h3,5H,1H3,(H2,8,9,11,12)/t3-,5+/m0/s1. The number of rotatable bonds is 1. The molecule has 0 aromatic carbocycles. The molecule has 0 aliphatic carbocycles. The Kier molecular flexibility index (Phi) is 2.45. The summed E-state index contributed by atoms with van der Waals surface area (Å²) in [6.45, 7) is 1.05. The zero-order valence-corrected chi connectivity index (χ0v) is 6.67. The predicted molar refractivity (Wildman–Crippen MR) is 37.1 cm³/mol. The van der Waals surface area contributed by atoms with Crippen molar-refractivity contribution in [1.29, 1.82) is 0 Å². The molecule has 0 unspecified atom stereocenters. The summed E-state index contributed by atoms with van der Waals surface area (Å²) < 4.78 is 17.2. The predicted octanol–water partition coefficient (Wildman–Crippen LogP) is -0.947. The molecule has 3 amide bonds. The largest absolute Gasteiger partial charge is 0.438 e. The van der Waals surface area contributed by atoms with Crippen LogP contribution in [-0.4, -0.2) is 30.3 Å². The van der Waals surface area contributed by atoms with Gasteiger partial charge in [-0.2, -0.15) is 0 Å². The molecule has 1 heterocycles. The van der Waals surface area contributed by atoms with Gasteiger partial charge in [0.15, 0.2) is 0 Å². The fourth-order valence-corrected chi connectivity index (χ4v) is 0.825. The third kappa shape index (κ3) is 2.14. The molecule has 0 saturated carbocycles. The van der Waals surface area contributed by atoms with Crippen LogP contribution in [0.25, 0.3) is 0 Å². The SMILES string of the molecule is CC(=O)O[C@H]1NC(=O)NC(=O)[C@@H]1F. The Hall–Kier alpha value is -1.66. The molecule has 1 rings (SSSR count). The normalized spacial score (nSPS) is 27.5. The molecule has 7 heteroatoms. The summed E-state index contributed by atoms with van der Waals surface area (Å²) in [7, 11) is 0. The highest BCUT2D eigenvalue weighted by Gasteiger charge is 2.37. The first-order chi connectivity index (χ1) is 6.00. The van der Waals surface area contributed by atoms with Gasteiger partial charge in [0.2, 0.25) is 12.4 Å². The molecule has 0 spiro atoms. The van der Waals surface area contributed by atoms with E-state index >= 15 is 0 Å². The third-order valence-electron chi connectivity index (χ3n) is 1.32. The highest BCUT2D eigenvalue weighted by molar-refractivity contribution is 5.99. The highest BCUT2D eigenvalue weighted by Crippen LogP contribution is 2.05. The number of imide groups is 1. The summed E-state index contributed by atoms with van der Waals surface area (Å²) in [5, 5.41) is 3.62. The van der Waals surface area contributed by atoms with Crippen molar-refractivity contribution in [3.8, 4) is 0 Å². The highest BCUT2D eigenvalue weighted by atomic mass is 19.1.